The highest BCUT2D eigenvalue weighted by atomic mass is 79.9. The zero-order valence-electron chi connectivity index (χ0n) is 12.3. The van der Waals surface area contributed by atoms with Crippen molar-refractivity contribution in [1.29, 1.82) is 0 Å². The van der Waals surface area contributed by atoms with Crippen LogP contribution in [0.15, 0.2) is 28.7 Å². The van der Waals surface area contributed by atoms with E-state index in [2.05, 4.69) is 20.8 Å². The van der Waals surface area contributed by atoms with Crippen LogP contribution in [0.4, 0.5) is 0 Å². The first-order valence-electron chi connectivity index (χ1n) is 7.07. The lowest BCUT2D eigenvalue weighted by molar-refractivity contribution is -0.132. The fraction of sp³-hybridized carbons (Fsp3) is 0.533. The number of ether oxygens (including phenoxy) is 2. The van der Waals surface area contributed by atoms with Gasteiger partial charge in [-0.3, -0.25) is 9.69 Å². The zero-order chi connectivity index (χ0) is 15.1. The second kappa shape index (κ2) is 8.36. The van der Waals surface area contributed by atoms with Crippen molar-refractivity contribution in [2.24, 2.45) is 0 Å². The van der Waals surface area contributed by atoms with E-state index >= 15 is 0 Å². The molecule has 5 nitrogen and oxygen atoms in total. The molecule has 1 heterocycles. The lowest BCUT2D eigenvalue weighted by Crippen LogP contribution is -2.44. The van der Waals surface area contributed by atoms with Crippen LogP contribution in [0.5, 0.6) is 5.75 Å². The van der Waals surface area contributed by atoms with Gasteiger partial charge in [-0.05, 0) is 24.3 Å². The van der Waals surface area contributed by atoms with Crippen molar-refractivity contribution < 1.29 is 14.3 Å². The average molecular weight is 357 g/mol. The van der Waals surface area contributed by atoms with Crippen molar-refractivity contribution in [1.82, 2.24) is 9.80 Å². The van der Waals surface area contributed by atoms with E-state index in [-0.39, 0.29) is 5.91 Å². The quantitative estimate of drug-likeness (QED) is 0.776. The predicted octanol–water partition coefficient (Wildman–Crippen LogP) is 1.62. The molecular weight excluding hydrogens is 336 g/mol. The molecule has 0 bridgehead atoms. The molecule has 0 aromatic heterocycles. The second-order valence-corrected chi connectivity index (χ2v) is 5.92. The molecule has 0 spiro atoms. The molecule has 1 fully saturated rings. The van der Waals surface area contributed by atoms with Gasteiger partial charge in [-0.2, -0.15) is 0 Å². The highest BCUT2D eigenvalue weighted by Crippen LogP contribution is 2.15. The number of amides is 1. The number of hydrogen-bond donors (Lipinski definition) is 0. The van der Waals surface area contributed by atoms with Crippen LogP contribution in [0.3, 0.4) is 0 Å². The molecule has 0 unspecified atom stereocenters. The summed E-state index contributed by atoms with van der Waals surface area (Å²) in [5.41, 5.74) is 0. The average Bonchev–Trinajstić information content (AvgIpc) is 2.50. The molecule has 21 heavy (non-hydrogen) atoms. The van der Waals surface area contributed by atoms with Gasteiger partial charge in [0, 0.05) is 24.6 Å². The third-order valence-corrected chi connectivity index (χ3v) is 3.93. The van der Waals surface area contributed by atoms with E-state index in [1.165, 1.54) is 0 Å². The molecule has 0 radical (unpaired) electrons. The summed E-state index contributed by atoms with van der Waals surface area (Å²) < 4.78 is 11.9. The molecule has 1 aliphatic rings. The van der Waals surface area contributed by atoms with E-state index in [4.69, 9.17) is 9.47 Å². The predicted molar refractivity (Wildman–Crippen MR) is 84.5 cm³/mol. The molecule has 1 amide bonds. The minimum atomic E-state index is 0.122. The topological polar surface area (TPSA) is 42.0 Å². The van der Waals surface area contributed by atoms with Crippen LogP contribution in [0.25, 0.3) is 0 Å². The van der Waals surface area contributed by atoms with Crippen molar-refractivity contribution in [3.63, 3.8) is 0 Å². The number of carbonyl (C=O) groups is 1. The lowest BCUT2D eigenvalue weighted by atomic mass is 10.3. The first-order valence-corrected chi connectivity index (χ1v) is 7.87. The Morgan fingerprint density at radius 3 is 2.67 bits per heavy atom. The maximum absolute atomic E-state index is 12.1. The van der Waals surface area contributed by atoms with Gasteiger partial charge in [0.25, 0.3) is 0 Å². The number of nitrogens with zero attached hydrogens (tertiary/aromatic N) is 2. The van der Waals surface area contributed by atoms with Gasteiger partial charge in [0.1, 0.15) is 12.4 Å². The number of hydrogen-bond acceptors (Lipinski definition) is 4. The fourth-order valence-electron chi connectivity index (χ4n) is 2.03. The molecule has 1 aromatic rings. The number of rotatable bonds is 6. The Morgan fingerprint density at radius 2 is 2.00 bits per heavy atom. The standard InChI is InChI=1S/C15H21BrN2O3/c1-17(15(19)12-18-7-9-20-10-8-18)6-11-21-14-4-2-13(16)3-5-14/h2-5H,6-12H2,1H3. The summed E-state index contributed by atoms with van der Waals surface area (Å²) in [4.78, 5) is 15.9. The minimum Gasteiger partial charge on any atom is -0.492 e. The molecule has 0 atom stereocenters. The first-order chi connectivity index (χ1) is 10.1. The summed E-state index contributed by atoms with van der Waals surface area (Å²) >= 11 is 3.38. The van der Waals surface area contributed by atoms with Crippen LogP contribution in [-0.4, -0.2) is 68.8 Å². The van der Waals surface area contributed by atoms with Crippen molar-refractivity contribution in [3.05, 3.63) is 28.7 Å². The van der Waals surface area contributed by atoms with Gasteiger partial charge in [0.15, 0.2) is 0 Å². The Hall–Kier alpha value is -1.11. The van der Waals surface area contributed by atoms with Gasteiger partial charge < -0.3 is 14.4 Å². The minimum absolute atomic E-state index is 0.122. The van der Waals surface area contributed by atoms with Crippen molar-refractivity contribution in [2.45, 2.75) is 0 Å². The van der Waals surface area contributed by atoms with Crippen molar-refractivity contribution in [3.8, 4) is 5.75 Å². The van der Waals surface area contributed by atoms with Crippen molar-refractivity contribution >= 4 is 21.8 Å². The zero-order valence-corrected chi connectivity index (χ0v) is 13.8. The Bertz CT molecular complexity index is 447. The first kappa shape index (κ1) is 16.3. The van der Waals surface area contributed by atoms with E-state index in [1.807, 2.05) is 31.3 Å². The van der Waals surface area contributed by atoms with E-state index in [0.29, 0.717) is 32.9 Å². The summed E-state index contributed by atoms with van der Waals surface area (Å²) in [6, 6.07) is 7.67. The Morgan fingerprint density at radius 1 is 1.33 bits per heavy atom. The van der Waals surface area contributed by atoms with Gasteiger partial charge in [0.2, 0.25) is 5.91 Å². The Balaban J connectivity index is 1.67. The molecule has 0 aliphatic carbocycles. The third-order valence-electron chi connectivity index (χ3n) is 3.40. The summed E-state index contributed by atoms with van der Waals surface area (Å²) in [6.45, 7) is 4.61. The monoisotopic (exact) mass is 356 g/mol. The van der Waals surface area contributed by atoms with Gasteiger partial charge in [-0.15, -0.1) is 0 Å². The molecular formula is C15H21BrN2O3. The summed E-state index contributed by atoms with van der Waals surface area (Å²) in [7, 11) is 1.81. The molecule has 1 saturated heterocycles. The maximum atomic E-state index is 12.1. The smallest absolute Gasteiger partial charge is 0.236 e. The fourth-order valence-corrected chi connectivity index (χ4v) is 2.29. The molecule has 6 heteroatoms. The molecule has 1 aliphatic heterocycles. The van der Waals surface area contributed by atoms with Crippen LogP contribution in [0.1, 0.15) is 0 Å². The highest BCUT2D eigenvalue weighted by Gasteiger charge is 2.16. The van der Waals surface area contributed by atoms with Gasteiger partial charge in [-0.1, -0.05) is 15.9 Å². The molecule has 116 valence electrons. The van der Waals surface area contributed by atoms with Crippen LogP contribution in [-0.2, 0) is 9.53 Å². The maximum Gasteiger partial charge on any atom is 0.236 e. The number of benzene rings is 1. The summed E-state index contributed by atoms with van der Waals surface area (Å²) in [6.07, 6.45) is 0. The molecule has 1 aromatic carbocycles. The SMILES string of the molecule is CN(CCOc1ccc(Br)cc1)C(=O)CN1CCOCC1. The van der Waals surface area contributed by atoms with E-state index in [1.54, 1.807) is 4.90 Å². The highest BCUT2D eigenvalue weighted by molar-refractivity contribution is 9.10. The third kappa shape index (κ3) is 5.65. The molecule has 0 saturated carbocycles. The number of morpholine rings is 1. The van der Waals surface area contributed by atoms with E-state index in [0.717, 1.165) is 23.3 Å². The summed E-state index contributed by atoms with van der Waals surface area (Å²) in [5.74, 6) is 0.934. The normalized spacial score (nSPS) is 15.7. The van der Waals surface area contributed by atoms with Crippen LogP contribution < -0.4 is 4.74 Å². The summed E-state index contributed by atoms with van der Waals surface area (Å²) in [5, 5.41) is 0. The van der Waals surface area contributed by atoms with Crippen molar-refractivity contribution in [2.75, 3.05) is 53.0 Å². The van der Waals surface area contributed by atoms with Crippen LogP contribution >= 0.6 is 15.9 Å². The number of halogens is 1. The number of carbonyl (C=O) groups excluding carboxylic acids is 1. The Labute approximate surface area is 133 Å². The number of likely N-dealkylation sites (N-methyl/N-ethyl adjacent to an activating group) is 1. The molecule has 2 rings (SSSR count). The van der Waals surface area contributed by atoms with Gasteiger partial charge in [0.05, 0.1) is 26.3 Å². The van der Waals surface area contributed by atoms with E-state index < -0.39 is 0 Å². The second-order valence-electron chi connectivity index (χ2n) is 5.01. The van der Waals surface area contributed by atoms with Gasteiger partial charge >= 0.3 is 0 Å². The van der Waals surface area contributed by atoms with Gasteiger partial charge in [-0.25, -0.2) is 0 Å². The van der Waals surface area contributed by atoms with E-state index in [9.17, 15) is 4.79 Å². The largest absolute Gasteiger partial charge is 0.492 e. The molecule has 0 N–H and O–H groups in total. The van der Waals surface area contributed by atoms with Crippen LogP contribution in [0.2, 0.25) is 0 Å². The lowest BCUT2D eigenvalue weighted by Gasteiger charge is -2.28. The van der Waals surface area contributed by atoms with Crippen LogP contribution in [0, 0.1) is 0 Å². The Kier molecular flexibility index (Phi) is 6.48.